The van der Waals surface area contributed by atoms with Crippen molar-refractivity contribution in [3.63, 3.8) is 0 Å². The Hall–Kier alpha value is -2.08. The van der Waals surface area contributed by atoms with Gasteiger partial charge in [0.2, 0.25) is 0 Å². The Morgan fingerprint density at radius 3 is 2.11 bits per heavy atom. The third kappa shape index (κ3) is 3.03. The van der Waals surface area contributed by atoms with E-state index in [-0.39, 0.29) is 10.6 Å². The van der Waals surface area contributed by atoms with Gasteiger partial charge in [0.05, 0.1) is 7.11 Å². The number of ether oxygens (including phenoxy) is 1. The number of methoxy groups -OCH3 is 1. The lowest BCUT2D eigenvalue weighted by Crippen LogP contribution is -2.10. The van der Waals surface area contributed by atoms with Gasteiger partial charge < -0.3 is 8.92 Å². The maximum Gasteiger partial charge on any atom is 0.339 e. The van der Waals surface area contributed by atoms with E-state index in [1.807, 2.05) is 0 Å². The van der Waals surface area contributed by atoms with Gasteiger partial charge in [0, 0.05) is 0 Å². The van der Waals surface area contributed by atoms with Gasteiger partial charge in [-0.1, -0.05) is 12.1 Å². The van der Waals surface area contributed by atoms with E-state index in [9.17, 15) is 12.8 Å². The average Bonchev–Trinajstić information content (AvgIpc) is 2.39. The van der Waals surface area contributed by atoms with Gasteiger partial charge in [-0.2, -0.15) is 8.42 Å². The lowest BCUT2D eigenvalue weighted by Gasteiger charge is -2.10. The van der Waals surface area contributed by atoms with Crippen molar-refractivity contribution in [2.75, 3.05) is 7.11 Å². The summed E-state index contributed by atoms with van der Waals surface area (Å²) >= 11 is 0. The molecule has 19 heavy (non-hydrogen) atoms. The summed E-state index contributed by atoms with van der Waals surface area (Å²) in [5, 5.41) is 0. The van der Waals surface area contributed by atoms with Gasteiger partial charge in [0.25, 0.3) is 0 Å². The molecular formula is C13H11FO4S. The van der Waals surface area contributed by atoms with Crippen molar-refractivity contribution < 1.29 is 21.7 Å². The van der Waals surface area contributed by atoms with Crippen LogP contribution in [0.5, 0.6) is 11.5 Å². The molecule has 0 N–H and O–H groups in total. The molecule has 0 spiro atoms. The Labute approximate surface area is 110 Å². The van der Waals surface area contributed by atoms with Crippen LogP contribution in [0.1, 0.15) is 0 Å². The van der Waals surface area contributed by atoms with Crippen LogP contribution in [0.4, 0.5) is 4.39 Å². The average molecular weight is 282 g/mol. The maximum absolute atomic E-state index is 12.8. The van der Waals surface area contributed by atoms with Gasteiger partial charge in [-0.3, -0.25) is 0 Å². The molecule has 6 heteroatoms. The van der Waals surface area contributed by atoms with E-state index in [2.05, 4.69) is 0 Å². The minimum atomic E-state index is -4.01. The lowest BCUT2D eigenvalue weighted by molar-refractivity contribution is 0.390. The first-order chi connectivity index (χ1) is 9.03. The number of para-hydroxylation sites is 2. The predicted octanol–water partition coefficient (Wildman–Crippen LogP) is 2.60. The monoisotopic (exact) mass is 282 g/mol. The second kappa shape index (κ2) is 5.27. The summed E-state index contributed by atoms with van der Waals surface area (Å²) in [4.78, 5) is -0.125. The molecule has 2 rings (SSSR count). The zero-order chi connectivity index (χ0) is 13.9. The van der Waals surface area contributed by atoms with Gasteiger partial charge in [-0.25, -0.2) is 4.39 Å². The fraction of sp³-hybridized carbons (Fsp3) is 0.0769. The largest absolute Gasteiger partial charge is 0.493 e. The highest BCUT2D eigenvalue weighted by molar-refractivity contribution is 7.87. The summed E-state index contributed by atoms with van der Waals surface area (Å²) in [6.07, 6.45) is 0. The molecule has 0 fully saturated rings. The molecule has 0 aliphatic rings. The number of hydrogen-bond acceptors (Lipinski definition) is 4. The molecule has 2 aromatic rings. The summed E-state index contributed by atoms with van der Waals surface area (Å²) in [5.74, 6) is -0.140. The molecule has 0 bridgehead atoms. The highest BCUT2D eigenvalue weighted by atomic mass is 32.2. The maximum atomic E-state index is 12.8. The molecule has 4 nitrogen and oxygen atoms in total. The van der Waals surface area contributed by atoms with E-state index >= 15 is 0 Å². The van der Waals surface area contributed by atoms with E-state index in [0.717, 1.165) is 24.3 Å². The Morgan fingerprint density at radius 2 is 1.53 bits per heavy atom. The molecule has 100 valence electrons. The quantitative estimate of drug-likeness (QED) is 0.809. The standard InChI is InChI=1S/C13H11FO4S/c1-17-12-4-2-3-5-13(12)18-19(15,16)11-8-6-10(14)7-9-11/h2-9H,1H3. The Balaban J connectivity index is 2.34. The molecular weight excluding hydrogens is 271 g/mol. The SMILES string of the molecule is COc1ccccc1OS(=O)(=O)c1ccc(F)cc1. The van der Waals surface area contributed by atoms with Crippen LogP contribution in [0.3, 0.4) is 0 Å². The van der Waals surface area contributed by atoms with Crippen LogP contribution in [0.15, 0.2) is 53.4 Å². The molecule has 0 aromatic heterocycles. The highest BCUT2D eigenvalue weighted by Gasteiger charge is 2.18. The van der Waals surface area contributed by atoms with Crippen LogP contribution in [-0.2, 0) is 10.1 Å². The van der Waals surface area contributed by atoms with Crippen LogP contribution in [0.25, 0.3) is 0 Å². The van der Waals surface area contributed by atoms with Gasteiger partial charge in [-0.05, 0) is 36.4 Å². The Bertz CT molecular complexity index is 665. The number of rotatable bonds is 4. The van der Waals surface area contributed by atoms with Crippen molar-refractivity contribution in [2.45, 2.75) is 4.90 Å². The zero-order valence-electron chi connectivity index (χ0n) is 10.0. The summed E-state index contributed by atoms with van der Waals surface area (Å²) in [5.41, 5.74) is 0. The van der Waals surface area contributed by atoms with Crippen molar-refractivity contribution in [3.05, 3.63) is 54.3 Å². The number of hydrogen-bond donors (Lipinski definition) is 0. The zero-order valence-corrected chi connectivity index (χ0v) is 10.9. The second-order valence-electron chi connectivity index (χ2n) is 3.64. The second-order valence-corrected chi connectivity index (χ2v) is 5.19. The van der Waals surface area contributed by atoms with Crippen molar-refractivity contribution >= 4 is 10.1 Å². The summed E-state index contributed by atoms with van der Waals surface area (Å²) in [6.45, 7) is 0. The van der Waals surface area contributed by atoms with Crippen molar-refractivity contribution in [1.29, 1.82) is 0 Å². The van der Waals surface area contributed by atoms with Crippen LogP contribution in [0.2, 0.25) is 0 Å². The molecule has 0 aliphatic heterocycles. The molecule has 0 unspecified atom stereocenters. The minimum Gasteiger partial charge on any atom is -0.493 e. The summed E-state index contributed by atoms with van der Waals surface area (Å²) < 4.78 is 46.7. The fourth-order valence-corrected chi connectivity index (χ4v) is 2.39. The van der Waals surface area contributed by atoms with Crippen LogP contribution in [0, 0.1) is 5.82 Å². The first-order valence-electron chi connectivity index (χ1n) is 5.36. The van der Waals surface area contributed by atoms with Gasteiger partial charge in [0.1, 0.15) is 10.7 Å². The lowest BCUT2D eigenvalue weighted by atomic mass is 10.3. The van der Waals surface area contributed by atoms with Gasteiger partial charge in [-0.15, -0.1) is 0 Å². The first-order valence-corrected chi connectivity index (χ1v) is 6.77. The van der Waals surface area contributed by atoms with Crippen LogP contribution >= 0.6 is 0 Å². The van der Waals surface area contributed by atoms with E-state index in [0.29, 0.717) is 5.75 Å². The summed E-state index contributed by atoms with van der Waals surface area (Å²) in [6, 6.07) is 10.8. The van der Waals surface area contributed by atoms with Gasteiger partial charge in [0.15, 0.2) is 11.5 Å². The molecule has 0 heterocycles. The Kier molecular flexibility index (Phi) is 3.71. The van der Waals surface area contributed by atoms with E-state index in [4.69, 9.17) is 8.92 Å². The van der Waals surface area contributed by atoms with Crippen LogP contribution in [-0.4, -0.2) is 15.5 Å². The number of halogens is 1. The van der Waals surface area contributed by atoms with E-state index in [1.54, 1.807) is 18.2 Å². The van der Waals surface area contributed by atoms with Crippen molar-refractivity contribution in [3.8, 4) is 11.5 Å². The number of benzene rings is 2. The topological polar surface area (TPSA) is 52.6 Å². The van der Waals surface area contributed by atoms with Crippen LogP contribution < -0.4 is 8.92 Å². The summed E-state index contributed by atoms with van der Waals surface area (Å²) in [7, 11) is -2.60. The van der Waals surface area contributed by atoms with E-state index < -0.39 is 15.9 Å². The first kappa shape index (κ1) is 13.4. The molecule has 0 amide bonds. The molecule has 0 atom stereocenters. The normalized spacial score (nSPS) is 11.1. The van der Waals surface area contributed by atoms with Crippen molar-refractivity contribution in [1.82, 2.24) is 0 Å². The van der Waals surface area contributed by atoms with Gasteiger partial charge >= 0.3 is 10.1 Å². The van der Waals surface area contributed by atoms with E-state index in [1.165, 1.54) is 13.2 Å². The highest BCUT2D eigenvalue weighted by Crippen LogP contribution is 2.28. The van der Waals surface area contributed by atoms with Crippen molar-refractivity contribution in [2.24, 2.45) is 0 Å². The molecule has 0 saturated carbocycles. The predicted molar refractivity (Wildman–Crippen MR) is 67.2 cm³/mol. The molecule has 2 aromatic carbocycles. The fourth-order valence-electron chi connectivity index (χ4n) is 1.46. The Morgan fingerprint density at radius 1 is 0.947 bits per heavy atom. The third-order valence-corrected chi connectivity index (χ3v) is 3.62. The molecule has 0 radical (unpaired) electrons. The smallest absolute Gasteiger partial charge is 0.339 e. The molecule has 0 saturated heterocycles. The third-order valence-electron chi connectivity index (χ3n) is 2.37. The minimum absolute atomic E-state index is 0.0781. The molecule has 0 aliphatic carbocycles.